The molecule has 3 nitrogen and oxygen atoms in total. The van der Waals surface area contributed by atoms with Gasteiger partial charge in [-0.15, -0.1) is 0 Å². The number of nitrogens with two attached hydrogens (primary N) is 1. The SMILES string of the molecule is CC1(C)OB([C@@H](N)Cc2ccc(-c3ccccc3)cc2)OC1(C)C. The van der Waals surface area contributed by atoms with Crippen LogP contribution < -0.4 is 5.73 Å². The molecular formula is C20H26BNO2. The van der Waals surface area contributed by atoms with Gasteiger partial charge in [0.25, 0.3) is 0 Å². The fourth-order valence-corrected chi connectivity index (χ4v) is 2.90. The van der Waals surface area contributed by atoms with E-state index in [1.807, 2.05) is 33.8 Å². The van der Waals surface area contributed by atoms with Crippen molar-refractivity contribution in [1.82, 2.24) is 0 Å². The lowest BCUT2D eigenvalue weighted by molar-refractivity contribution is 0.00578. The normalized spacial score (nSPS) is 20.1. The van der Waals surface area contributed by atoms with Crippen molar-refractivity contribution >= 4 is 7.12 Å². The first kappa shape index (κ1) is 17.2. The molecule has 1 atom stereocenters. The zero-order chi connectivity index (χ0) is 17.4. The molecule has 1 aliphatic rings. The molecule has 2 aromatic rings. The van der Waals surface area contributed by atoms with Crippen molar-refractivity contribution in [1.29, 1.82) is 0 Å². The van der Waals surface area contributed by atoms with Crippen LogP contribution in [0.25, 0.3) is 11.1 Å². The molecule has 1 saturated heterocycles. The van der Waals surface area contributed by atoms with Gasteiger partial charge in [0.05, 0.1) is 11.2 Å². The van der Waals surface area contributed by atoms with Gasteiger partial charge in [-0.1, -0.05) is 54.6 Å². The second-order valence-corrected chi connectivity index (χ2v) is 7.56. The summed E-state index contributed by atoms with van der Waals surface area (Å²) in [4.78, 5) is 0. The maximum absolute atomic E-state index is 6.35. The summed E-state index contributed by atoms with van der Waals surface area (Å²) >= 11 is 0. The van der Waals surface area contributed by atoms with Gasteiger partial charge in [0.15, 0.2) is 0 Å². The molecule has 0 aliphatic carbocycles. The standard InChI is InChI=1S/C20H26BNO2/c1-19(2)20(3,4)24-21(23-19)18(22)14-15-10-12-17(13-11-15)16-8-6-5-7-9-16/h5-13,18H,14,22H2,1-4H3/t18-/m0/s1. The predicted molar refractivity (Wildman–Crippen MR) is 99.6 cm³/mol. The van der Waals surface area contributed by atoms with Gasteiger partial charge >= 0.3 is 7.12 Å². The van der Waals surface area contributed by atoms with E-state index in [2.05, 4.69) is 48.5 Å². The highest BCUT2D eigenvalue weighted by molar-refractivity contribution is 6.47. The van der Waals surface area contributed by atoms with Gasteiger partial charge in [0, 0.05) is 5.94 Å². The molecule has 3 rings (SSSR count). The number of hydrogen-bond donors (Lipinski definition) is 1. The van der Waals surface area contributed by atoms with Gasteiger partial charge in [-0.2, -0.15) is 0 Å². The summed E-state index contributed by atoms with van der Waals surface area (Å²) < 4.78 is 12.1. The second-order valence-electron chi connectivity index (χ2n) is 7.56. The summed E-state index contributed by atoms with van der Waals surface area (Å²) in [6.45, 7) is 8.20. The quantitative estimate of drug-likeness (QED) is 0.869. The lowest BCUT2D eigenvalue weighted by Crippen LogP contribution is -2.43. The summed E-state index contributed by atoms with van der Waals surface area (Å²) in [7, 11) is -0.371. The molecule has 0 saturated carbocycles. The van der Waals surface area contributed by atoms with Crippen molar-refractivity contribution in [3.63, 3.8) is 0 Å². The third kappa shape index (κ3) is 3.41. The van der Waals surface area contributed by atoms with Gasteiger partial charge in [-0.3, -0.25) is 0 Å². The van der Waals surface area contributed by atoms with E-state index in [9.17, 15) is 0 Å². The van der Waals surface area contributed by atoms with Crippen molar-refractivity contribution in [2.24, 2.45) is 5.73 Å². The lowest BCUT2D eigenvalue weighted by atomic mass is 9.75. The van der Waals surface area contributed by atoms with Gasteiger partial charge in [-0.05, 0) is 50.8 Å². The Balaban J connectivity index is 1.66. The van der Waals surface area contributed by atoms with Crippen LogP contribution in [-0.4, -0.2) is 24.3 Å². The zero-order valence-electron chi connectivity index (χ0n) is 15.0. The highest BCUT2D eigenvalue weighted by atomic mass is 16.7. The molecular weight excluding hydrogens is 297 g/mol. The predicted octanol–water partition coefficient (Wildman–Crippen LogP) is 3.85. The van der Waals surface area contributed by atoms with Crippen molar-refractivity contribution < 1.29 is 9.31 Å². The first-order valence-corrected chi connectivity index (χ1v) is 8.54. The molecule has 2 aromatic carbocycles. The van der Waals surface area contributed by atoms with Crippen LogP contribution in [-0.2, 0) is 15.7 Å². The van der Waals surface area contributed by atoms with Crippen molar-refractivity contribution in [2.75, 3.05) is 0 Å². The van der Waals surface area contributed by atoms with E-state index in [1.54, 1.807) is 0 Å². The fraction of sp³-hybridized carbons (Fsp3) is 0.400. The van der Waals surface area contributed by atoms with Crippen LogP contribution in [0.15, 0.2) is 54.6 Å². The Morgan fingerprint density at radius 3 is 1.88 bits per heavy atom. The monoisotopic (exact) mass is 323 g/mol. The maximum atomic E-state index is 6.35. The summed E-state index contributed by atoms with van der Waals surface area (Å²) in [5.74, 6) is -0.186. The summed E-state index contributed by atoms with van der Waals surface area (Å²) in [5, 5.41) is 0. The van der Waals surface area contributed by atoms with Gasteiger partial charge in [-0.25, -0.2) is 0 Å². The van der Waals surface area contributed by atoms with Crippen molar-refractivity contribution in [3.8, 4) is 11.1 Å². The molecule has 0 aromatic heterocycles. The number of rotatable bonds is 4. The third-order valence-corrected chi connectivity index (χ3v) is 5.15. The Bertz CT molecular complexity index is 667. The van der Waals surface area contributed by atoms with Crippen LogP contribution in [0.5, 0.6) is 0 Å². The topological polar surface area (TPSA) is 44.5 Å². The molecule has 24 heavy (non-hydrogen) atoms. The average molecular weight is 323 g/mol. The average Bonchev–Trinajstić information content (AvgIpc) is 2.77. The molecule has 0 bridgehead atoms. The molecule has 4 heteroatoms. The summed E-state index contributed by atoms with van der Waals surface area (Å²) in [5.41, 5.74) is 9.30. The highest BCUT2D eigenvalue weighted by Crippen LogP contribution is 2.37. The lowest BCUT2D eigenvalue weighted by Gasteiger charge is -2.32. The Labute approximate surface area is 145 Å². The minimum absolute atomic E-state index is 0.186. The maximum Gasteiger partial charge on any atom is 0.476 e. The molecule has 126 valence electrons. The van der Waals surface area contributed by atoms with E-state index in [1.165, 1.54) is 16.7 Å². The fourth-order valence-electron chi connectivity index (χ4n) is 2.90. The second kappa shape index (κ2) is 6.36. The molecule has 0 radical (unpaired) electrons. The Morgan fingerprint density at radius 1 is 0.833 bits per heavy atom. The van der Waals surface area contributed by atoms with E-state index in [0.29, 0.717) is 0 Å². The summed E-state index contributed by atoms with van der Waals surface area (Å²) in [6, 6.07) is 18.9. The first-order chi connectivity index (χ1) is 11.3. The van der Waals surface area contributed by atoms with Crippen LogP contribution >= 0.6 is 0 Å². The molecule has 2 N–H and O–H groups in total. The molecule has 1 aliphatic heterocycles. The van der Waals surface area contributed by atoms with Crippen LogP contribution in [0.4, 0.5) is 0 Å². The van der Waals surface area contributed by atoms with Crippen molar-refractivity contribution in [2.45, 2.75) is 51.3 Å². The smallest absolute Gasteiger partial charge is 0.402 e. The molecule has 1 heterocycles. The van der Waals surface area contributed by atoms with Crippen LogP contribution in [0.2, 0.25) is 0 Å². The van der Waals surface area contributed by atoms with Crippen LogP contribution in [0.3, 0.4) is 0 Å². The molecule has 0 spiro atoms. The van der Waals surface area contributed by atoms with Gasteiger partial charge < -0.3 is 15.0 Å². The third-order valence-electron chi connectivity index (χ3n) is 5.15. The number of hydrogen-bond acceptors (Lipinski definition) is 3. The first-order valence-electron chi connectivity index (χ1n) is 8.54. The minimum atomic E-state index is -0.371. The van der Waals surface area contributed by atoms with Crippen LogP contribution in [0.1, 0.15) is 33.3 Å². The molecule has 0 unspecified atom stereocenters. The zero-order valence-corrected chi connectivity index (χ0v) is 15.0. The molecule has 0 amide bonds. The van der Waals surface area contributed by atoms with E-state index in [4.69, 9.17) is 15.0 Å². The van der Waals surface area contributed by atoms with E-state index < -0.39 is 0 Å². The van der Waals surface area contributed by atoms with Gasteiger partial charge in [0.2, 0.25) is 0 Å². The Kier molecular flexibility index (Phi) is 4.56. The highest BCUT2D eigenvalue weighted by Gasteiger charge is 2.52. The number of benzene rings is 2. The van der Waals surface area contributed by atoms with Crippen molar-refractivity contribution in [3.05, 3.63) is 60.2 Å². The molecule has 1 fully saturated rings. The Morgan fingerprint density at radius 2 is 1.33 bits per heavy atom. The summed E-state index contributed by atoms with van der Waals surface area (Å²) in [6.07, 6.45) is 0.728. The largest absolute Gasteiger partial charge is 0.476 e. The Hall–Kier alpha value is -1.62. The van der Waals surface area contributed by atoms with Crippen LogP contribution in [0, 0.1) is 0 Å². The van der Waals surface area contributed by atoms with Gasteiger partial charge in [0.1, 0.15) is 0 Å². The van der Waals surface area contributed by atoms with E-state index in [0.717, 1.165) is 6.42 Å². The van der Waals surface area contributed by atoms with E-state index >= 15 is 0 Å². The van der Waals surface area contributed by atoms with E-state index in [-0.39, 0.29) is 24.3 Å². The minimum Gasteiger partial charge on any atom is -0.402 e.